The fraction of sp³-hybridized carbons (Fsp3) is 0.711. The summed E-state index contributed by atoms with van der Waals surface area (Å²) in [7, 11) is 1.90. The first-order valence-corrected chi connectivity index (χ1v) is 16.6. The number of allylic oxidation sites excluding steroid dienone is 2. The Bertz CT molecular complexity index is 1410. The lowest BCUT2D eigenvalue weighted by Crippen LogP contribution is -2.66. The number of nitrogens with zero attached hydrogens (tertiary/aromatic N) is 1. The van der Waals surface area contributed by atoms with Crippen LogP contribution < -0.4 is 4.57 Å². The number of ether oxygens (including phenoxy) is 1. The highest BCUT2D eigenvalue weighted by atomic mass is 16.5. The number of hydrogen-bond acceptors (Lipinski definition) is 4. The number of rotatable bonds is 3. The van der Waals surface area contributed by atoms with E-state index < -0.39 is 11.4 Å². The van der Waals surface area contributed by atoms with Crippen molar-refractivity contribution in [3.8, 4) is 0 Å². The van der Waals surface area contributed by atoms with Crippen LogP contribution in [0, 0.1) is 57.7 Å². The summed E-state index contributed by atoms with van der Waals surface area (Å²) in [5, 5.41) is 10.2. The maximum absolute atomic E-state index is 14.6. The minimum atomic E-state index is -0.745. The molecule has 4 saturated carbocycles. The number of carboxylic acids is 1. The molecule has 0 saturated heterocycles. The van der Waals surface area contributed by atoms with E-state index in [2.05, 4.69) is 41.5 Å². The van der Waals surface area contributed by atoms with E-state index in [0.717, 1.165) is 44.9 Å². The Labute approximate surface area is 265 Å². The molecule has 0 amide bonds. The molecule has 6 heteroatoms. The summed E-state index contributed by atoms with van der Waals surface area (Å²) < 4.78 is 8.11. The maximum atomic E-state index is 14.6. The normalized spacial score (nSPS) is 44.0. The minimum Gasteiger partial charge on any atom is -0.481 e. The van der Waals surface area contributed by atoms with E-state index in [1.54, 1.807) is 12.3 Å². The average Bonchev–Trinajstić information content (AvgIpc) is 2.92. The van der Waals surface area contributed by atoms with Gasteiger partial charge in [-0.25, -0.2) is 9.36 Å². The molecular weight excluding hydrogens is 550 g/mol. The SMILES string of the molecule is C[n+]1cccc(C(=O)O[C@H]2CC[C@]3(C)[C@H]4C(=O)C=C5[C@@H]6C[C@@](C)(C(=O)O)CC[C@]6(C)CC[C@@]5(C)[C@]4(C)CC[C@H]3C2(C)C)c1.[CH3-]. The van der Waals surface area contributed by atoms with Gasteiger partial charge in [0.15, 0.2) is 18.2 Å². The molecule has 5 aliphatic carbocycles. The summed E-state index contributed by atoms with van der Waals surface area (Å²) in [4.78, 5) is 40.2. The van der Waals surface area contributed by atoms with Gasteiger partial charge in [-0.2, -0.15) is 0 Å². The number of aliphatic carboxylic acids is 1. The minimum absolute atomic E-state index is 0. The van der Waals surface area contributed by atoms with Gasteiger partial charge in [0, 0.05) is 17.4 Å². The summed E-state index contributed by atoms with van der Waals surface area (Å²) >= 11 is 0. The van der Waals surface area contributed by atoms with Crippen LogP contribution in [-0.2, 0) is 21.4 Å². The first-order valence-electron chi connectivity index (χ1n) is 16.6. The van der Waals surface area contributed by atoms with Gasteiger partial charge in [0.2, 0.25) is 0 Å². The smallest absolute Gasteiger partial charge is 0.344 e. The van der Waals surface area contributed by atoms with Crippen LogP contribution in [0.25, 0.3) is 0 Å². The fourth-order valence-electron chi connectivity index (χ4n) is 11.5. The lowest BCUT2D eigenvalue weighted by molar-refractivity contribution is -0.671. The summed E-state index contributed by atoms with van der Waals surface area (Å²) in [6, 6.07) is 3.67. The highest BCUT2D eigenvalue weighted by Gasteiger charge is 2.70. The number of pyridine rings is 1. The molecule has 0 radical (unpaired) electrons. The van der Waals surface area contributed by atoms with E-state index in [4.69, 9.17) is 4.74 Å². The van der Waals surface area contributed by atoms with E-state index in [9.17, 15) is 19.5 Å². The van der Waals surface area contributed by atoms with Gasteiger partial charge in [0.25, 0.3) is 0 Å². The second-order valence-electron chi connectivity index (χ2n) is 17.1. The number of fused-ring (bicyclic) bond motifs is 7. The Balaban J connectivity index is 0.00000384. The second-order valence-corrected chi connectivity index (χ2v) is 17.1. The molecule has 44 heavy (non-hydrogen) atoms. The molecule has 5 aliphatic rings. The predicted molar refractivity (Wildman–Crippen MR) is 170 cm³/mol. The van der Waals surface area contributed by atoms with Crippen molar-refractivity contribution in [1.82, 2.24) is 0 Å². The quantitative estimate of drug-likeness (QED) is 0.218. The lowest BCUT2D eigenvalue weighted by atomic mass is 9.33. The van der Waals surface area contributed by atoms with Crippen molar-refractivity contribution >= 4 is 17.7 Å². The van der Waals surface area contributed by atoms with E-state index in [-0.39, 0.29) is 70.1 Å². The molecule has 1 aromatic heterocycles. The molecule has 4 fully saturated rings. The van der Waals surface area contributed by atoms with Crippen LogP contribution in [0.15, 0.2) is 36.2 Å². The molecule has 0 unspecified atom stereocenters. The van der Waals surface area contributed by atoms with Crippen molar-refractivity contribution in [2.24, 2.45) is 57.3 Å². The summed E-state index contributed by atoms with van der Waals surface area (Å²) in [5.41, 5.74) is 0.289. The van der Waals surface area contributed by atoms with Gasteiger partial charge >= 0.3 is 11.9 Å². The van der Waals surface area contributed by atoms with E-state index in [1.807, 2.05) is 36.9 Å². The topological polar surface area (TPSA) is 84.5 Å². The number of carbonyl (C=O) groups excluding carboxylic acids is 2. The maximum Gasteiger partial charge on any atom is 0.344 e. The number of ketones is 1. The van der Waals surface area contributed by atoms with Gasteiger partial charge in [-0.15, -0.1) is 0 Å². The Morgan fingerprint density at radius 3 is 2.30 bits per heavy atom. The molecule has 0 aliphatic heterocycles. The molecule has 0 spiro atoms. The Kier molecular flexibility index (Phi) is 7.66. The summed E-state index contributed by atoms with van der Waals surface area (Å²) in [6.45, 7) is 15.9. The Hall–Kier alpha value is -2.50. The van der Waals surface area contributed by atoms with Crippen LogP contribution in [0.5, 0.6) is 0 Å². The fourth-order valence-corrected chi connectivity index (χ4v) is 11.5. The number of esters is 1. The predicted octanol–water partition coefficient (Wildman–Crippen LogP) is 7.55. The summed E-state index contributed by atoms with van der Waals surface area (Å²) in [6.07, 6.45) is 13.4. The molecule has 6 rings (SSSR count). The van der Waals surface area contributed by atoms with Crippen molar-refractivity contribution in [2.75, 3.05) is 0 Å². The number of carbonyl (C=O) groups is 3. The zero-order chi connectivity index (χ0) is 31.4. The molecule has 0 aromatic carbocycles. The summed E-state index contributed by atoms with van der Waals surface area (Å²) in [5.74, 6) is -0.467. The molecule has 0 bridgehead atoms. The highest BCUT2D eigenvalue weighted by Crippen LogP contribution is 2.75. The van der Waals surface area contributed by atoms with Crippen molar-refractivity contribution in [3.05, 3.63) is 49.2 Å². The molecule has 1 heterocycles. The monoisotopic (exact) mass is 605 g/mol. The number of aromatic nitrogens is 1. The van der Waals surface area contributed by atoms with Crippen LogP contribution in [-0.4, -0.2) is 28.9 Å². The third kappa shape index (κ3) is 4.39. The largest absolute Gasteiger partial charge is 0.481 e. The molecule has 6 nitrogen and oxygen atoms in total. The van der Waals surface area contributed by atoms with Gasteiger partial charge in [-0.05, 0) is 110 Å². The first kappa shape index (κ1) is 32.9. The zero-order valence-electron chi connectivity index (χ0n) is 28.6. The molecular formula is C38H55NO5. The van der Waals surface area contributed by atoms with Gasteiger partial charge in [-0.3, -0.25) is 9.59 Å². The number of carboxylic acid groups (broad SMARTS) is 1. The second kappa shape index (κ2) is 10.3. The van der Waals surface area contributed by atoms with Crippen LogP contribution in [0.3, 0.4) is 0 Å². The van der Waals surface area contributed by atoms with E-state index >= 15 is 0 Å². The van der Waals surface area contributed by atoms with Gasteiger partial charge in [0.05, 0.1) is 5.41 Å². The number of aryl methyl sites for hydroxylation is 1. The van der Waals surface area contributed by atoms with Crippen LogP contribution in [0.4, 0.5) is 0 Å². The van der Waals surface area contributed by atoms with Gasteiger partial charge in [0.1, 0.15) is 18.7 Å². The third-order valence-electron chi connectivity index (χ3n) is 14.5. The lowest BCUT2D eigenvalue weighted by Gasteiger charge is -2.70. The van der Waals surface area contributed by atoms with Crippen LogP contribution in [0.1, 0.15) is 117 Å². The van der Waals surface area contributed by atoms with Crippen molar-refractivity contribution in [2.45, 2.75) is 112 Å². The average molecular weight is 606 g/mol. The van der Waals surface area contributed by atoms with E-state index in [0.29, 0.717) is 18.4 Å². The molecule has 9 atom stereocenters. The molecule has 1 aromatic rings. The highest BCUT2D eigenvalue weighted by molar-refractivity contribution is 5.96. The molecule has 1 N–H and O–H groups in total. The van der Waals surface area contributed by atoms with Crippen LogP contribution >= 0.6 is 0 Å². The number of hydrogen-bond donors (Lipinski definition) is 1. The van der Waals surface area contributed by atoms with Crippen LogP contribution in [0.2, 0.25) is 0 Å². The molecule has 242 valence electrons. The standard InChI is InChI=1S/C37H51NO5.CH3/c1-32(2)27-11-14-37(7)29(35(27,5)13-12-28(32)43-30(40)23-10-9-19-38(8)22-23)26(39)20-24-25-21-34(4,31(41)42)16-15-33(25,3)17-18-36(24,37)6;/h9-10,19-20,22,25,27-29H,11-18,21H2,1-8H3;1H3/q;-1/p+1/t25-,27-,28-,29+,33+,34-,35-,36+,37+;/m0./s1. The van der Waals surface area contributed by atoms with Gasteiger partial charge < -0.3 is 17.3 Å². The van der Waals surface area contributed by atoms with Gasteiger partial charge in [-0.1, -0.05) is 47.1 Å². The Morgan fingerprint density at radius 2 is 1.64 bits per heavy atom. The third-order valence-corrected chi connectivity index (χ3v) is 14.5. The van der Waals surface area contributed by atoms with Crippen molar-refractivity contribution < 1.29 is 28.8 Å². The first-order chi connectivity index (χ1) is 19.9. The van der Waals surface area contributed by atoms with E-state index in [1.165, 1.54) is 5.57 Å². The Morgan fingerprint density at radius 1 is 0.955 bits per heavy atom. The van der Waals surface area contributed by atoms with Crippen molar-refractivity contribution in [3.63, 3.8) is 0 Å². The van der Waals surface area contributed by atoms with Crippen molar-refractivity contribution in [1.29, 1.82) is 0 Å². The zero-order valence-corrected chi connectivity index (χ0v) is 28.6.